The van der Waals surface area contributed by atoms with E-state index in [1.54, 1.807) is 54.6 Å². The largest absolute Gasteiger partial charge is 0.322 e. The Labute approximate surface area is 222 Å². The van der Waals surface area contributed by atoms with Gasteiger partial charge in [0.1, 0.15) is 0 Å². The minimum atomic E-state index is -3.74. The van der Waals surface area contributed by atoms with Gasteiger partial charge in [0.25, 0.3) is 21.8 Å². The Hall–Kier alpha value is -4.43. The van der Waals surface area contributed by atoms with Gasteiger partial charge in [0, 0.05) is 29.0 Å². The zero-order chi connectivity index (χ0) is 26.7. The fourth-order valence-electron chi connectivity index (χ4n) is 4.47. The van der Waals surface area contributed by atoms with Crippen LogP contribution in [-0.4, -0.2) is 26.8 Å². The highest BCUT2D eigenvalue weighted by Gasteiger charge is 2.28. The maximum Gasteiger partial charge on any atom is 0.264 e. The lowest BCUT2D eigenvalue weighted by Crippen LogP contribution is -2.35. The molecule has 0 aromatic heterocycles. The third-order valence-electron chi connectivity index (χ3n) is 6.55. The molecule has 0 spiro atoms. The van der Waals surface area contributed by atoms with E-state index in [4.69, 9.17) is 0 Å². The van der Waals surface area contributed by atoms with Gasteiger partial charge in [-0.2, -0.15) is 0 Å². The first-order valence-corrected chi connectivity index (χ1v) is 13.8. The summed E-state index contributed by atoms with van der Waals surface area (Å²) in [7, 11) is -3.74. The van der Waals surface area contributed by atoms with Gasteiger partial charge in [-0.05, 0) is 85.5 Å². The van der Waals surface area contributed by atoms with Crippen LogP contribution in [0.3, 0.4) is 0 Å². The average Bonchev–Trinajstić information content (AvgIpc) is 2.94. The molecule has 38 heavy (non-hydrogen) atoms. The van der Waals surface area contributed by atoms with Crippen LogP contribution in [0.5, 0.6) is 0 Å². The second kappa shape index (κ2) is 10.5. The number of hydrogen-bond acceptors (Lipinski definition) is 4. The van der Waals surface area contributed by atoms with E-state index >= 15 is 0 Å². The zero-order valence-corrected chi connectivity index (χ0v) is 21.7. The van der Waals surface area contributed by atoms with E-state index < -0.39 is 10.0 Å². The smallest absolute Gasteiger partial charge is 0.264 e. The third-order valence-corrected chi connectivity index (χ3v) is 8.38. The number of nitrogens with zero attached hydrogens (tertiary/aromatic N) is 1. The van der Waals surface area contributed by atoms with Gasteiger partial charge in [-0.1, -0.05) is 42.5 Å². The minimum absolute atomic E-state index is 0.161. The highest BCUT2D eigenvalue weighted by atomic mass is 32.2. The van der Waals surface area contributed by atoms with Gasteiger partial charge < -0.3 is 10.6 Å². The lowest BCUT2D eigenvalue weighted by Gasteiger charge is -2.30. The van der Waals surface area contributed by atoms with Gasteiger partial charge in [0.2, 0.25) is 0 Å². The fourth-order valence-corrected chi connectivity index (χ4v) is 6.01. The summed E-state index contributed by atoms with van der Waals surface area (Å²) in [6.07, 6.45) is 1.61. The number of benzene rings is 4. The van der Waals surface area contributed by atoms with Crippen LogP contribution in [0.15, 0.2) is 102 Å². The van der Waals surface area contributed by atoms with Gasteiger partial charge in [-0.15, -0.1) is 0 Å². The van der Waals surface area contributed by atoms with E-state index in [1.165, 1.54) is 16.4 Å². The Morgan fingerprint density at radius 3 is 2.21 bits per heavy atom. The van der Waals surface area contributed by atoms with E-state index in [9.17, 15) is 18.0 Å². The Kier molecular flexibility index (Phi) is 6.98. The SMILES string of the molecule is Cc1ccc(C(=O)Nc2ccc(S(=O)(=O)N3CCCc4ccccc43)cc2)cc1NC(=O)c1ccccc1. The molecule has 1 aliphatic rings. The van der Waals surface area contributed by atoms with E-state index in [-0.39, 0.29) is 16.7 Å². The monoisotopic (exact) mass is 525 g/mol. The summed E-state index contributed by atoms with van der Waals surface area (Å²) >= 11 is 0. The summed E-state index contributed by atoms with van der Waals surface area (Å²) in [5.41, 5.74) is 4.43. The van der Waals surface area contributed by atoms with Gasteiger partial charge >= 0.3 is 0 Å². The summed E-state index contributed by atoms with van der Waals surface area (Å²) in [5.74, 6) is -0.639. The molecule has 0 radical (unpaired) electrons. The van der Waals surface area contributed by atoms with Crippen molar-refractivity contribution in [3.05, 3.63) is 119 Å². The average molecular weight is 526 g/mol. The zero-order valence-electron chi connectivity index (χ0n) is 20.8. The van der Waals surface area contributed by atoms with Crippen molar-refractivity contribution in [3.63, 3.8) is 0 Å². The summed E-state index contributed by atoms with van der Waals surface area (Å²) < 4.78 is 28.2. The Morgan fingerprint density at radius 2 is 1.45 bits per heavy atom. The summed E-state index contributed by atoms with van der Waals surface area (Å²) in [4.78, 5) is 25.7. The van der Waals surface area contributed by atoms with Crippen LogP contribution in [-0.2, 0) is 16.4 Å². The molecule has 5 rings (SSSR count). The molecule has 7 nitrogen and oxygen atoms in total. The quantitative estimate of drug-likeness (QED) is 0.341. The molecule has 0 atom stereocenters. The Balaban J connectivity index is 1.30. The molecule has 2 N–H and O–H groups in total. The normalized spacial score (nSPS) is 12.9. The highest BCUT2D eigenvalue weighted by molar-refractivity contribution is 7.92. The van der Waals surface area contributed by atoms with Crippen molar-refractivity contribution >= 4 is 38.9 Å². The van der Waals surface area contributed by atoms with E-state index in [1.807, 2.05) is 37.3 Å². The molecule has 1 heterocycles. The van der Waals surface area contributed by atoms with E-state index in [0.717, 1.165) is 24.0 Å². The van der Waals surface area contributed by atoms with Crippen LogP contribution in [0.4, 0.5) is 17.1 Å². The molecule has 4 aromatic rings. The predicted molar refractivity (Wildman–Crippen MR) is 149 cm³/mol. The molecule has 0 saturated carbocycles. The number of rotatable bonds is 6. The van der Waals surface area contributed by atoms with Gasteiger partial charge in [-0.25, -0.2) is 8.42 Å². The molecule has 8 heteroatoms. The highest BCUT2D eigenvalue weighted by Crippen LogP contribution is 2.32. The van der Waals surface area contributed by atoms with Gasteiger partial charge in [0.15, 0.2) is 0 Å². The second-order valence-electron chi connectivity index (χ2n) is 9.14. The summed E-state index contributed by atoms with van der Waals surface area (Å²) in [6, 6.07) is 27.6. The topological polar surface area (TPSA) is 95.6 Å². The molecule has 1 aliphatic heterocycles. The predicted octanol–water partition coefficient (Wildman–Crippen LogP) is 5.64. The van der Waals surface area contributed by atoms with Crippen molar-refractivity contribution < 1.29 is 18.0 Å². The molecule has 2 amide bonds. The van der Waals surface area contributed by atoms with E-state index in [2.05, 4.69) is 10.6 Å². The molecule has 0 saturated heterocycles. The number of amides is 2. The van der Waals surface area contributed by atoms with Crippen LogP contribution in [0.1, 0.15) is 38.3 Å². The molecule has 0 bridgehead atoms. The number of carbonyl (C=O) groups excluding carboxylic acids is 2. The fraction of sp³-hybridized carbons (Fsp3) is 0.133. The lowest BCUT2D eigenvalue weighted by atomic mass is 10.0. The molecule has 4 aromatic carbocycles. The Morgan fingerprint density at radius 1 is 0.763 bits per heavy atom. The van der Waals surface area contributed by atoms with Gasteiger partial charge in [-0.3, -0.25) is 13.9 Å². The standard InChI is InChI=1S/C30H27N3O4S/c1-21-13-14-24(20-27(21)32-29(34)23-9-3-2-4-10-23)30(35)31-25-15-17-26(18-16-25)38(36,37)33-19-7-11-22-8-5-6-12-28(22)33/h2-6,8-10,12-18,20H,7,11,19H2,1H3,(H,31,35)(H,32,34). The van der Waals surface area contributed by atoms with Crippen LogP contribution in [0, 0.1) is 6.92 Å². The summed E-state index contributed by atoms with van der Waals surface area (Å²) in [6.45, 7) is 2.27. The number of carbonyl (C=O) groups is 2. The lowest BCUT2D eigenvalue weighted by molar-refractivity contribution is 0.101. The first kappa shape index (κ1) is 25.2. The number of anilines is 3. The van der Waals surface area contributed by atoms with Gasteiger partial charge in [0.05, 0.1) is 10.6 Å². The number of para-hydroxylation sites is 1. The number of aryl methyl sites for hydroxylation is 2. The molecule has 0 unspecified atom stereocenters. The molecule has 192 valence electrons. The van der Waals surface area contributed by atoms with Crippen molar-refractivity contribution in [1.29, 1.82) is 0 Å². The summed E-state index contributed by atoms with van der Waals surface area (Å²) in [5, 5.41) is 5.66. The van der Waals surface area contributed by atoms with Crippen molar-refractivity contribution in [2.45, 2.75) is 24.7 Å². The Bertz CT molecular complexity index is 1600. The maximum absolute atomic E-state index is 13.4. The maximum atomic E-state index is 13.4. The molecule has 0 aliphatic carbocycles. The van der Waals surface area contributed by atoms with Crippen LogP contribution < -0.4 is 14.9 Å². The van der Waals surface area contributed by atoms with Crippen molar-refractivity contribution in [1.82, 2.24) is 0 Å². The van der Waals surface area contributed by atoms with Crippen LogP contribution in [0.2, 0.25) is 0 Å². The number of sulfonamides is 1. The minimum Gasteiger partial charge on any atom is -0.322 e. The molecular weight excluding hydrogens is 498 g/mol. The van der Waals surface area contributed by atoms with Crippen molar-refractivity contribution in [2.75, 3.05) is 21.5 Å². The number of nitrogens with one attached hydrogen (secondary N) is 2. The van der Waals surface area contributed by atoms with Crippen molar-refractivity contribution in [2.24, 2.45) is 0 Å². The van der Waals surface area contributed by atoms with Crippen LogP contribution >= 0.6 is 0 Å². The molecule has 0 fully saturated rings. The number of hydrogen-bond donors (Lipinski definition) is 2. The third kappa shape index (κ3) is 5.17. The first-order chi connectivity index (χ1) is 18.3. The van der Waals surface area contributed by atoms with Crippen molar-refractivity contribution in [3.8, 4) is 0 Å². The first-order valence-electron chi connectivity index (χ1n) is 12.3. The van der Waals surface area contributed by atoms with Crippen LogP contribution in [0.25, 0.3) is 0 Å². The number of fused-ring (bicyclic) bond motifs is 1. The second-order valence-corrected chi connectivity index (χ2v) is 11.0. The molecular formula is C30H27N3O4S. The van der Waals surface area contributed by atoms with E-state index in [0.29, 0.717) is 34.7 Å².